The van der Waals surface area contributed by atoms with Gasteiger partial charge >= 0.3 is 6.03 Å². The Morgan fingerprint density at radius 3 is 2.76 bits per heavy atom. The van der Waals surface area contributed by atoms with Gasteiger partial charge in [0.1, 0.15) is 5.76 Å². The Labute approximate surface area is 125 Å². The van der Waals surface area contributed by atoms with E-state index in [2.05, 4.69) is 15.8 Å². The van der Waals surface area contributed by atoms with Gasteiger partial charge in [0, 0.05) is 18.5 Å². The van der Waals surface area contributed by atoms with Gasteiger partial charge in [-0.2, -0.15) is 0 Å². The summed E-state index contributed by atoms with van der Waals surface area (Å²) in [6.45, 7) is 4.42. The second kappa shape index (κ2) is 7.45. The number of aromatic nitrogens is 1. The number of carbonyl (C=O) groups excluding carboxylic acids is 1. The zero-order valence-corrected chi connectivity index (χ0v) is 12.8. The number of rotatable bonds is 5. The van der Waals surface area contributed by atoms with E-state index in [4.69, 9.17) is 4.52 Å². The number of aliphatic hydroxyl groups is 1. The van der Waals surface area contributed by atoms with Crippen LogP contribution in [0.1, 0.15) is 56.5 Å². The van der Waals surface area contributed by atoms with Crippen molar-refractivity contribution in [2.24, 2.45) is 0 Å². The molecule has 2 rings (SSSR count). The summed E-state index contributed by atoms with van der Waals surface area (Å²) < 4.78 is 5.27. The van der Waals surface area contributed by atoms with E-state index in [1.165, 1.54) is 0 Å². The Balaban J connectivity index is 1.87. The van der Waals surface area contributed by atoms with Crippen molar-refractivity contribution in [1.29, 1.82) is 0 Å². The molecule has 0 aromatic carbocycles. The molecule has 2 amide bonds. The highest BCUT2D eigenvalue weighted by molar-refractivity contribution is 5.74. The molecule has 1 aromatic heterocycles. The van der Waals surface area contributed by atoms with E-state index in [1.54, 1.807) is 0 Å². The molecule has 1 heterocycles. The highest BCUT2D eigenvalue weighted by Gasteiger charge is 2.24. The first-order valence-electron chi connectivity index (χ1n) is 7.84. The summed E-state index contributed by atoms with van der Waals surface area (Å²) in [7, 11) is 0. The van der Waals surface area contributed by atoms with Crippen molar-refractivity contribution in [3.63, 3.8) is 0 Å². The lowest BCUT2D eigenvalue weighted by Crippen LogP contribution is -2.48. The molecule has 6 heteroatoms. The fourth-order valence-electron chi connectivity index (χ4n) is 2.81. The number of nitrogens with zero attached hydrogens (tertiary/aromatic N) is 1. The van der Waals surface area contributed by atoms with E-state index < -0.39 is 6.10 Å². The van der Waals surface area contributed by atoms with E-state index in [1.807, 2.05) is 13.8 Å². The van der Waals surface area contributed by atoms with E-state index in [9.17, 15) is 9.90 Å². The van der Waals surface area contributed by atoms with Gasteiger partial charge in [-0.3, -0.25) is 0 Å². The van der Waals surface area contributed by atoms with E-state index >= 15 is 0 Å². The molecule has 2 unspecified atom stereocenters. The minimum atomic E-state index is -0.433. The van der Waals surface area contributed by atoms with E-state index in [0.29, 0.717) is 6.54 Å². The predicted octanol–water partition coefficient (Wildman–Crippen LogP) is 1.90. The lowest BCUT2D eigenvalue weighted by Gasteiger charge is -2.28. The number of amides is 2. The molecule has 1 saturated carbocycles. The molecule has 0 bridgehead atoms. The smallest absolute Gasteiger partial charge is 0.315 e. The maximum atomic E-state index is 12.0. The van der Waals surface area contributed by atoms with Crippen molar-refractivity contribution in [2.75, 3.05) is 0 Å². The van der Waals surface area contributed by atoms with Crippen molar-refractivity contribution >= 4 is 6.03 Å². The monoisotopic (exact) mass is 295 g/mol. The van der Waals surface area contributed by atoms with Gasteiger partial charge in [-0.25, -0.2) is 4.79 Å². The molecule has 1 fully saturated rings. The van der Waals surface area contributed by atoms with Gasteiger partial charge in [0.2, 0.25) is 0 Å². The van der Waals surface area contributed by atoms with Crippen LogP contribution in [0.5, 0.6) is 0 Å². The number of aliphatic hydroxyl groups excluding tert-OH is 1. The van der Waals surface area contributed by atoms with Crippen LogP contribution in [0, 0.1) is 0 Å². The van der Waals surface area contributed by atoms with Crippen LogP contribution in [0.2, 0.25) is 0 Å². The highest BCUT2D eigenvalue weighted by atomic mass is 16.5. The number of hydrogen-bond donors (Lipinski definition) is 3. The Kier molecular flexibility index (Phi) is 5.61. The summed E-state index contributed by atoms with van der Waals surface area (Å²) in [5.74, 6) is 0.824. The zero-order valence-electron chi connectivity index (χ0n) is 12.8. The van der Waals surface area contributed by atoms with Crippen LogP contribution in [-0.4, -0.2) is 28.4 Å². The quantitative estimate of drug-likeness (QED) is 0.774. The maximum Gasteiger partial charge on any atom is 0.315 e. The van der Waals surface area contributed by atoms with Gasteiger partial charge in [-0.15, -0.1) is 0 Å². The number of urea groups is 1. The first-order valence-corrected chi connectivity index (χ1v) is 7.84. The van der Waals surface area contributed by atoms with Crippen LogP contribution in [0.25, 0.3) is 0 Å². The highest BCUT2D eigenvalue weighted by Crippen LogP contribution is 2.18. The first kappa shape index (κ1) is 15.8. The molecule has 118 valence electrons. The van der Waals surface area contributed by atoms with Crippen molar-refractivity contribution < 1.29 is 14.4 Å². The molecule has 3 N–H and O–H groups in total. The fraction of sp³-hybridized carbons (Fsp3) is 0.733. The third kappa shape index (κ3) is 3.97. The van der Waals surface area contributed by atoms with Crippen molar-refractivity contribution in [1.82, 2.24) is 15.8 Å². The normalized spacial score (nSPS) is 22.0. The average molecular weight is 295 g/mol. The predicted molar refractivity (Wildman–Crippen MR) is 78.9 cm³/mol. The van der Waals surface area contributed by atoms with Gasteiger partial charge in [-0.1, -0.05) is 31.8 Å². The van der Waals surface area contributed by atoms with Crippen LogP contribution in [0.3, 0.4) is 0 Å². The van der Waals surface area contributed by atoms with Crippen LogP contribution in [0.15, 0.2) is 4.52 Å². The summed E-state index contributed by atoms with van der Waals surface area (Å²) >= 11 is 0. The average Bonchev–Trinajstić information content (AvgIpc) is 2.89. The molecule has 2 atom stereocenters. The van der Waals surface area contributed by atoms with Crippen LogP contribution < -0.4 is 10.6 Å². The van der Waals surface area contributed by atoms with Crippen LogP contribution >= 0.6 is 0 Å². The minimum absolute atomic E-state index is 0.141. The second-order valence-corrected chi connectivity index (χ2v) is 5.52. The summed E-state index contributed by atoms with van der Waals surface area (Å²) in [5, 5.41) is 19.6. The second-order valence-electron chi connectivity index (χ2n) is 5.52. The molecular weight excluding hydrogens is 270 g/mol. The third-order valence-corrected chi connectivity index (χ3v) is 4.08. The van der Waals surface area contributed by atoms with Crippen molar-refractivity contribution in [3.8, 4) is 0 Å². The van der Waals surface area contributed by atoms with Gasteiger partial charge in [0.25, 0.3) is 0 Å². The molecule has 0 saturated heterocycles. The van der Waals surface area contributed by atoms with Gasteiger partial charge in [0.15, 0.2) is 0 Å². The van der Waals surface area contributed by atoms with Crippen LogP contribution in [-0.2, 0) is 19.4 Å². The summed E-state index contributed by atoms with van der Waals surface area (Å²) in [5.41, 5.74) is 1.86. The number of nitrogens with one attached hydrogen (secondary N) is 2. The molecule has 0 radical (unpaired) electrons. The largest absolute Gasteiger partial charge is 0.391 e. The molecule has 6 nitrogen and oxygen atoms in total. The van der Waals surface area contributed by atoms with Crippen molar-refractivity contribution in [3.05, 3.63) is 17.0 Å². The molecule has 0 spiro atoms. The Morgan fingerprint density at radius 2 is 2.10 bits per heavy atom. The molecule has 1 aliphatic rings. The Bertz CT molecular complexity index is 451. The maximum absolute atomic E-state index is 12.0. The van der Waals surface area contributed by atoms with E-state index in [0.717, 1.165) is 55.5 Å². The van der Waals surface area contributed by atoms with Gasteiger partial charge in [-0.05, 0) is 19.3 Å². The molecule has 1 aliphatic carbocycles. The Hall–Kier alpha value is -1.56. The van der Waals surface area contributed by atoms with Crippen molar-refractivity contribution in [2.45, 2.75) is 71.1 Å². The summed E-state index contributed by atoms with van der Waals surface area (Å²) in [4.78, 5) is 12.0. The molecule has 1 aromatic rings. The van der Waals surface area contributed by atoms with Gasteiger partial charge < -0.3 is 20.3 Å². The topological polar surface area (TPSA) is 87.4 Å². The van der Waals surface area contributed by atoms with Gasteiger partial charge in [0.05, 0.1) is 17.8 Å². The van der Waals surface area contributed by atoms with E-state index in [-0.39, 0.29) is 12.1 Å². The number of hydrogen-bond acceptors (Lipinski definition) is 4. The zero-order chi connectivity index (χ0) is 15.2. The summed E-state index contributed by atoms with van der Waals surface area (Å²) in [6, 6.07) is -0.385. The lowest BCUT2D eigenvalue weighted by molar-refractivity contribution is 0.0943. The standard InChI is InChI=1S/C15H25N3O3/c1-3-11-10(14(4-2)21-18-11)9-16-15(20)17-12-7-5-6-8-13(12)19/h12-13,19H,3-9H2,1-2H3,(H2,16,17,20). The number of carbonyl (C=O) groups is 1. The molecule has 0 aliphatic heterocycles. The minimum Gasteiger partial charge on any atom is -0.391 e. The molecular formula is C15H25N3O3. The SMILES string of the molecule is CCc1noc(CC)c1CNC(=O)NC1CCCCC1O. The molecule has 21 heavy (non-hydrogen) atoms. The summed E-state index contributed by atoms with van der Waals surface area (Å²) in [6.07, 6.45) is 4.78. The lowest BCUT2D eigenvalue weighted by atomic mass is 9.93. The number of aryl methyl sites for hydroxylation is 2. The fourth-order valence-corrected chi connectivity index (χ4v) is 2.81. The van der Waals surface area contributed by atoms with Crippen LogP contribution in [0.4, 0.5) is 4.79 Å². The Morgan fingerprint density at radius 1 is 1.33 bits per heavy atom. The first-order chi connectivity index (χ1) is 10.2. The third-order valence-electron chi connectivity index (χ3n) is 4.08.